The van der Waals surface area contributed by atoms with Crippen molar-refractivity contribution in [1.82, 2.24) is 0 Å². The third kappa shape index (κ3) is 4.95. The van der Waals surface area contributed by atoms with E-state index in [2.05, 4.69) is 20.8 Å². The van der Waals surface area contributed by atoms with Crippen LogP contribution < -0.4 is 0 Å². The first kappa shape index (κ1) is 21.7. The molecule has 0 saturated heterocycles. The van der Waals surface area contributed by atoms with Crippen molar-refractivity contribution in [3.05, 3.63) is 53.3 Å². The van der Waals surface area contributed by atoms with E-state index < -0.39 is 5.60 Å². The standard InChI is InChI=1S/C26H34FNO/c1-7-8-24(22-14-20(22)16(2)3)28-25-15-23(27)21(13-17(25)4)18-9-11-19(12-10-18)26(5,6)29/h9-13,15-16,20,22,29H,7-8,14H2,1-6H3/t20-,22-/m1/s1. The van der Waals surface area contributed by atoms with Gasteiger partial charge in [0.05, 0.1) is 11.3 Å². The highest BCUT2D eigenvalue weighted by Gasteiger charge is 2.42. The van der Waals surface area contributed by atoms with Crippen molar-refractivity contribution in [1.29, 1.82) is 0 Å². The first-order valence-corrected chi connectivity index (χ1v) is 10.8. The summed E-state index contributed by atoms with van der Waals surface area (Å²) in [6.07, 6.45) is 3.26. The number of hydrogen-bond donors (Lipinski definition) is 1. The summed E-state index contributed by atoms with van der Waals surface area (Å²) < 4.78 is 15.0. The van der Waals surface area contributed by atoms with E-state index in [1.165, 1.54) is 12.1 Å². The summed E-state index contributed by atoms with van der Waals surface area (Å²) in [6.45, 7) is 12.2. The van der Waals surface area contributed by atoms with Gasteiger partial charge in [0, 0.05) is 23.3 Å². The molecule has 0 aliphatic heterocycles. The van der Waals surface area contributed by atoms with E-state index in [1.807, 2.05) is 37.3 Å². The highest BCUT2D eigenvalue weighted by molar-refractivity contribution is 5.91. The molecule has 2 atom stereocenters. The molecule has 29 heavy (non-hydrogen) atoms. The largest absolute Gasteiger partial charge is 0.386 e. The molecular weight excluding hydrogens is 361 g/mol. The Bertz CT molecular complexity index is 890. The lowest BCUT2D eigenvalue weighted by Gasteiger charge is -2.18. The van der Waals surface area contributed by atoms with E-state index in [0.717, 1.165) is 41.1 Å². The first-order chi connectivity index (χ1) is 13.6. The third-order valence-corrected chi connectivity index (χ3v) is 6.08. The zero-order valence-corrected chi connectivity index (χ0v) is 18.6. The van der Waals surface area contributed by atoms with Gasteiger partial charge in [0.1, 0.15) is 5.82 Å². The van der Waals surface area contributed by atoms with E-state index in [4.69, 9.17) is 4.99 Å². The number of benzene rings is 2. The molecule has 0 radical (unpaired) electrons. The van der Waals surface area contributed by atoms with Crippen LogP contribution in [0.5, 0.6) is 0 Å². The van der Waals surface area contributed by atoms with Gasteiger partial charge in [-0.15, -0.1) is 0 Å². The molecule has 0 heterocycles. The van der Waals surface area contributed by atoms with Crippen LogP contribution in [-0.2, 0) is 5.60 Å². The normalized spacial score (nSPS) is 19.7. The number of hydrogen-bond acceptors (Lipinski definition) is 2. The number of aryl methyl sites for hydroxylation is 1. The number of nitrogens with zero attached hydrogens (tertiary/aromatic N) is 1. The Labute approximate surface area is 174 Å². The second kappa shape index (κ2) is 8.39. The molecule has 1 aliphatic rings. The average molecular weight is 396 g/mol. The van der Waals surface area contributed by atoms with Crippen LogP contribution in [0.2, 0.25) is 0 Å². The van der Waals surface area contributed by atoms with Crippen LogP contribution in [0.4, 0.5) is 10.1 Å². The predicted octanol–water partition coefficient (Wildman–Crippen LogP) is 7.19. The molecule has 2 nitrogen and oxygen atoms in total. The maximum Gasteiger partial charge on any atom is 0.133 e. The first-order valence-electron chi connectivity index (χ1n) is 10.8. The van der Waals surface area contributed by atoms with Gasteiger partial charge in [-0.05, 0) is 68.2 Å². The Morgan fingerprint density at radius 3 is 2.38 bits per heavy atom. The smallest absolute Gasteiger partial charge is 0.133 e. The second-order valence-electron chi connectivity index (χ2n) is 9.36. The lowest BCUT2D eigenvalue weighted by molar-refractivity contribution is 0.0786. The van der Waals surface area contributed by atoms with Gasteiger partial charge in [-0.1, -0.05) is 51.5 Å². The molecule has 2 aromatic carbocycles. The fourth-order valence-corrected chi connectivity index (χ4v) is 4.14. The number of aliphatic imine (C=N–C) groups is 1. The Hall–Kier alpha value is -2.00. The summed E-state index contributed by atoms with van der Waals surface area (Å²) >= 11 is 0. The molecule has 0 amide bonds. The summed E-state index contributed by atoms with van der Waals surface area (Å²) in [4.78, 5) is 4.93. The molecule has 1 aliphatic carbocycles. The van der Waals surface area contributed by atoms with Gasteiger partial charge in [0.25, 0.3) is 0 Å². The zero-order valence-electron chi connectivity index (χ0n) is 18.6. The van der Waals surface area contributed by atoms with Gasteiger partial charge in [0.15, 0.2) is 0 Å². The summed E-state index contributed by atoms with van der Waals surface area (Å²) in [6, 6.07) is 10.9. The lowest BCUT2D eigenvalue weighted by Crippen LogP contribution is -2.14. The van der Waals surface area contributed by atoms with E-state index in [1.54, 1.807) is 19.9 Å². The molecule has 0 unspecified atom stereocenters. The van der Waals surface area contributed by atoms with Gasteiger partial charge in [0.2, 0.25) is 0 Å². The van der Waals surface area contributed by atoms with Crippen molar-refractivity contribution in [2.24, 2.45) is 22.7 Å². The van der Waals surface area contributed by atoms with E-state index in [9.17, 15) is 9.50 Å². The SMILES string of the molecule is CCCC(=Nc1cc(F)c(-c2ccc(C(C)(C)O)cc2)cc1C)[C@@H]1C[C@@H]1C(C)C. The summed E-state index contributed by atoms with van der Waals surface area (Å²) in [5, 5.41) is 10.1. The van der Waals surface area contributed by atoms with Crippen molar-refractivity contribution >= 4 is 11.4 Å². The maximum atomic E-state index is 15.0. The van der Waals surface area contributed by atoms with Gasteiger partial charge >= 0.3 is 0 Å². The highest BCUT2D eigenvalue weighted by Crippen LogP contribution is 2.46. The fraction of sp³-hybridized carbons (Fsp3) is 0.500. The average Bonchev–Trinajstić information content (AvgIpc) is 3.44. The van der Waals surface area contributed by atoms with Gasteiger partial charge in [-0.2, -0.15) is 0 Å². The van der Waals surface area contributed by atoms with Crippen LogP contribution in [-0.4, -0.2) is 10.8 Å². The van der Waals surface area contributed by atoms with Crippen molar-refractivity contribution in [2.75, 3.05) is 0 Å². The van der Waals surface area contributed by atoms with Crippen LogP contribution in [0.3, 0.4) is 0 Å². The molecule has 3 heteroatoms. The van der Waals surface area contributed by atoms with E-state index >= 15 is 0 Å². The maximum absolute atomic E-state index is 15.0. The molecule has 1 fully saturated rings. The van der Waals surface area contributed by atoms with Crippen molar-refractivity contribution in [3.8, 4) is 11.1 Å². The Morgan fingerprint density at radius 2 is 1.86 bits per heavy atom. The summed E-state index contributed by atoms with van der Waals surface area (Å²) in [7, 11) is 0. The molecular formula is C26H34FNO. The molecule has 0 spiro atoms. The third-order valence-electron chi connectivity index (χ3n) is 6.08. The van der Waals surface area contributed by atoms with Crippen LogP contribution in [0, 0.1) is 30.5 Å². The van der Waals surface area contributed by atoms with E-state index in [-0.39, 0.29) is 5.82 Å². The van der Waals surface area contributed by atoms with Crippen molar-refractivity contribution < 1.29 is 9.50 Å². The molecule has 1 saturated carbocycles. The van der Waals surface area contributed by atoms with Gasteiger partial charge in [-0.25, -0.2) is 4.39 Å². The van der Waals surface area contributed by atoms with Crippen molar-refractivity contribution in [2.45, 2.75) is 66.4 Å². The summed E-state index contributed by atoms with van der Waals surface area (Å²) in [5.74, 6) is 1.71. The Balaban J connectivity index is 1.91. The highest BCUT2D eigenvalue weighted by atomic mass is 19.1. The summed E-state index contributed by atoms with van der Waals surface area (Å²) in [5.41, 5.74) is 4.26. The minimum Gasteiger partial charge on any atom is -0.386 e. The van der Waals surface area contributed by atoms with Crippen LogP contribution in [0.15, 0.2) is 41.4 Å². The molecule has 156 valence electrons. The monoisotopic (exact) mass is 395 g/mol. The molecule has 3 rings (SSSR count). The molecule has 2 aromatic rings. The van der Waals surface area contributed by atoms with E-state index in [0.29, 0.717) is 17.4 Å². The van der Waals surface area contributed by atoms with Crippen LogP contribution >= 0.6 is 0 Å². The minimum absolute atomic E-state index is 0.252. The Kier molecular flexibility index (Phi) is 6.28. The minimum atomic E-state index is -0.905. The molecule has 0 aromatic heterocycles. The topological polar surface area (TPSA) is 32.6 Å². The number of halogens is 1. The Morgan fingerprint density at radius 1 is 1.21 bits per heavy atom. The predicted molar refractivity (Wildman–Crippen MR) is 120 cm³/mol. The quantitative estimate of drug-likeness (QED) is 0.494. The van der Waals surface area contributed by atoms with Gasteiger partial charge < -0.3 is 5.11 Å². The van der Waals surface area contributed by atoms with Gasteiger partial charge in [-0.3, -0.25) is 4.99 Å². The molecule has 0 bridgehead atoms. The van der Waals surface area contributed by atoms with Crippen LogP contribution in [0.25, 0.3) is 11.1 Å². The zero-order chi connectivity index (χ0) is 21.3. The number of rotatable bonds is 7. The van der Waals surface area contributed by atoms with Crippen molar-refractivity contribution in [3.63, 3.8) is 0 Å². The fourth-order valence-electron chi connectivity index (χ4n) is 4.14. The lowest BCUT2D eigenvalue weighted by atomic mass is 9.94. The van der Waals surface area contributed by atoms with Crippen LogP contribution in [0.1, 0.15) is 65.0 Å². The second-order valence-corrected chi connectivity index (χ2v) is 9.36. The molecule has 1 N–H and O–H groups in total. The number of aliphatic hydroxyl groups is 1.